The predicted molar refractivity (Wildman–Crippen MR) is 85.2 cm³/mol. The van der Waals surface area contributed by atoms with Crippen LogP contribution in [0.4, 0.5) is 0 Å². The molecule has 0 bridgehead atoms. The van der Waals surface area contributed by atoms with Gasteiger partial charge in [0.05, 0.1) is 11.9 Å². The molecule has 2 heterocycles. The quantitative estimate of drug-likeness (QED) is 0.812. The van der Waals surface area contributed by atoms with Crippen LogP contribution in [0.2, 0.25) is 0 Å². The molecular formula is C16H27N5. The van der Waals surface area contributed by atoms with Crippen molar-refractivity contribution in [2.45, 2.75) is 52.6 Å². The highest BCUT2D eigenvalue weighted by molar-refractivity contribution is 5.24. The highest BCUT2D eigenvalue weighted by Gasteiger charge is 2.18. The van der Waals surface area contributed by atoms with Gasteiger partial charge in [-0.25, -0.2) is 0 Å². The number of aryl methyl sites for hydroxylation is 3. The molecule has 2 aromatic rings. The predicted octanol–water partition coefficient (Wildman–Crippen LogP) is 2.48. The molecule has 0 aromatic carbocycles. The molecule has 0 saturated heterocycles. The fourth-order valence-corrected chi connectivity index (χ4v) is 2.65. The van der Waals surface area contributed by atoms with Crippen molar-refractivity contribution in [3.8, 4) is 0 Å². The van der Waals surface area contributed by atoms with E-state index in [4.69, 9.17) is 0 Å². The Hall–Kier alpha value is -1.62. The molecule has 0 spiro atoms. The van der Waals surface area contributed by atoms with Gasteiger partial charge < -0.3 is 5.32 Å². The zero-order valence-corrected chi connectivity index (χ0v) is 13.6. The van der Waals surface area contributed by atoms with Crippen LogP contribution in [0.1, 0.15) is 50.1 Å². The third-order valence-electron chi connectivity index (χ3n) is 3.74. The van der Waals surface area contributed by atoms with E-state index in [9.17, 15) is 0 Å². The second kappa shape index (κ2) is 7.41. The lowest BCUT2D eigenvalue weighted by molar-refractivity contribution is 0.525. The third kappa shape index (κ3) is 3.94. The van der Waals surface area contributed by atoms with Gasteiger partial charge in [0.2, 0.25) is 0 Å². The molecule has 21 heavy (non-hydrogen) atoms. The van der Waals surface area contributed by atoms with Crippen LogP contribution in [0.15, 0.2) is 18.6 Å². The summed E-state index contributed by atoms with van der Waals surface area (Å²) in [4.78, 5) is 0. The van der Waals surface area contributed by atoms with E-state index in [1.807, 2.05) is 22.6 Å². The average molecular weight is 289 g/mol. The van der Waals surface area contributed by atoms with Gasteiger partial charge in [0.1, 0.15) is 0 Å². The number of nitrogens with zero attached hydrogens (tertiary/aromatic N) is 4. The summed E-state index contributed by atoms with van der Waals surface area (Å²) in [6, 6.07) is 0.308. The van der Waals surface area contributed by atoms with Crippen LogP contribution in [0.3, 0.4) is 0 Å². The Labute approximate surface area is 127 Å². The van der Waals surface area contributed by atoms with Crippen molar-refractivity contribution in [3.05, 3.63) is 35.4 Å². The molecular weight excluding hydrogens is 262 g/mol. The summed E-state index contributed by atoms with van der Waals surface area (Å²) in [5, 5.41) is 12.6. The summed E-state index contributed by atoms with van der Waals surface area (Å²) in [5.74, 6) is 0. The molecule has 0 amide bonds. The SMILES string of the molecule is CCCNC(Cc1cnn(CC)c1)c1cn(C)nc1CC. The Bertz CT molecular complexity index is 555. The van der Waals surface area contributed by atoms with Gasteiger partial charge >= 0.3 is 0 Å². The molecule has 116 valence electrons. The van der Waals surface area contributed by atoms with Crippen LogP contribution in [0, 0.1) is 0 Å². The lowest BCUT2D eigenvalue weighted by atomic mass is 10.00. The number of hydrogen-bond donors (Lipinski definition) is 1. The van der Waals surface area contributed by atoms with E-state index in [1.54, 1.807) is 0 Å². The summed E-state index contributed by atoms with van der Waals surface area (Å²) >= 11 is 0. The normalized spacial score (nSPS) is 12.8. The maximum absolute atomic E-state index is 4.58. The average Bonchev–Trinajstić information content (AvgIpc) is 3.09. The summed E-state index contributed by atoms with van der Waals surface area (Å²) in [7, 11) is 1.99. The molecule has 0 saturated carbocycles. The molecule has 0 radical (unpaired) electrons. The first-order valence-electron chi connectivity index (χ1n) is 7.95. The standard InChI is InChI=1S/C16H27N5/c1-5-8-17-16(9-13-10-18-21(7-3)11-13)14-12-20(4)19-15(14)6-2/h10-12,16-17H,5-9H2,1-4H3. The largest absolute Gasteiger partial charge is 0.310 e. The van der Waals surface area contributed by atoms with Crippen molar-refractivity contribution < 1.29 is 0 Å². The maximum atomic E-state index is 4.58. The van der Waals surface area contributed by atoms with Crippen molar-refractivity contribution in [2.24, 2.45) is 7.05 Å². The number of hydrogen-bond acceptors (Lipinski definition) is 3. The first-order valence-corrected chi connectivity index (χ1v) is 7.95. The molecule has 2 aromatic heterocycles. The molecule has 2 rings (SSSR count). The topological polar surface area (TPSA) is 47.7 Å². The van der Waals surface area contributed by atoms with Gasteiger partial charge in [-0.15, -0.1) is 0 Å². The lowest BCUT2D eigenvalue weighted by Crippen LogP contribution is -2.24. The molecule has 1 atom stereocenters. The molecule has 5 heteroatoms. The third-order valence-corrected chi connectivity index (χ3v) is 3.74. The van der Waals surface area contributed by atoms with Crippen LogP contribution in [-0.4, -0.2) is 26.1 Å². The Morgan fingerprint density at radius 2 is 2.05 bits per heavy atom. The minimum absolute atomic E-state index is 0.308. The lowest BCUT2D eigenvalue weighted by Gasteiger charge is -2.17. The second-order valence-electron chi connectivity index (χ2n) is 5.47. The molecule has 0 fully saturated rings. The monoisotopic (exact) mass is 289 g/mol. The summed E-state index contributed by atoms with van der Waals surface area (Å²) < 4.78 is 3.90. The Balaban J connectivity index is 2.20. The van der Waals surface area contributed by atoms with E-state index in [2.05, 4.69) is 48.7 Å². The van der Waals surface area contributed by atoms with E-state index in [-0.39, 0.29) is 0 Å². The van der Waals surface area contributed by atoms with Gasteiger partial charge in [0.15, 0.2) is 0 Å². The van der Waals surface area contributed by atoms with Crippen LogP contribution in [0.5, 0.6) is 0 Å². The maximum Gasteiger partial charge on any atom is 0.0669 e. The fourth-order valence-electron chi connectivity index (χ4n) is 2.65. The van der Waals surface area contributed by atoms with Crippen LogP contribution >= 0.6 is 0 Å². The Kier molecular flexibility index (Phi) is 5.56. The van der Waals surface area contributed by atoms with Gasteiger partial charge in [-0.1, -0.05) is 13.8 Å². The van der Waals surface area contributed by atoms with Gasteiger partial charge in [0.25, 0.3) is 0 Å². The van der Waals surface area contributed by atoms with Gasteiger partial charge in [-0.2, -0.15) is 10.2 Å². The Morgan fingerprint density at radius 1 is 1.24 bits per heavy atom. The summed E-state index contributed by atoms with van der Waals surface area (Å²) in [6.07, 6.45) is 9.32. The van der Waals surface area contributed by atoms with Gasteiger partial charge in [-0.05, 0) is 38.3 Å². The van der Waals surface area contributed by atoms with Crippen molar-refractivity contribution in [2.75, 3.05) is 6.54 Å². The second-order valence-corrected chi connectivity index (χ2v) is 5.47. The highest BCUT2D eigenvalue weighted by atomic mass is 15.3. The fraction of sp³-hybridized carbons (Fsp3) is 0.625. The molecule has 1 N–H and O–H groups in total. The summed E-state index contributed by atoms with van der Waals surface area (Å²) in [5.41, 5.74) is 3.78. The van der Waals surface area contributed by atoms with Gasteiger partial charge in [0, 0.05) is 37.6 Å². The van der Waals surface area contributed by atoms with Crippen molar-refractivity contribution in [1.82, 2.24) is 24.9 Å². The molecule has 1 unspecified atom stereocenters. The summed E-state index contributed by atoms with van der Waals surface area (Å²) in [6.45, 7) is 8.41. The smallest absolute Gasteiger partial charge is 0.0669 e. The number of aromatic nitrogens is 4. The van der Waals surface area contributed by atoms with Crippen molar-refractivity contribution in [1.29, 1.82) is 0 Å². The molecule has 0 aliphatic rings. The molecule has 5 nitrogen and oxygen atoms in total. The highest BCUT2D eigenvalue weighted by Crippen LogP contribution is 2.22. The van der Waals surface area contributed by atoms with E-state index >= 15 is 0 Å². The van der Waals surface area contributed by atoms with Crippen molar-refractivity contribution in [3.63, 3.8) is 0 Å². The number of rotatable bonds is 8. The van der Waals surface area contributed by atoms with E-state index < -0.39 is 0 Å². The zero-order chi connectivity index (χ0) is 15.2. The van der Waals surface area contributed by atoms with Crippen molar-refractivity contribution >= 4 is 0 Å². The Morgan fingerprint density at radius 3 is 2.67 bits per heavy atom. The molecule has 0 aliphatic heterocycles. The van der Waals surface area contributed by atoms with Gasteiger partial charge in [-0.3, -0.25) is 9.36 Å². The minimum atomic E-state index is 0.308. The van der Waals surface area contributed by atoms with E-state index in [0.29, 0.717) is 6.04 Å². The van der Waals surface area contributed by atoms with Crippen LogP contribution in [-0.2, 0) is 26.4 Å². The van der Waals surface area contributed by atoms with E-state index in [1.165, 1.54) is 16.8 Å². The first-order chi connectivity index (χ1) is 10.2. The van der Waals surface area contributed by atoms with E-state index in [0.717, 1.165) is 32.4 Å². The van der Waals surface area contributed by atoms with Crippen LogP contribution < -0.4 is 5.32 Å². The zero-order valence-electron chi connectivity index (χ0n) is 13.6. The molecule has 0 aliphatic carbocycles. The first kappa shape index (κ1) is 15.8. The van der Waals surface area contributed by atoms with Crippen LogP contribution in [0.25, 0.3) is 0 Å². The minimum Gasteiger partial charge on any atom is -0.310 e. The number of nitrogens with one attached hydrogen (secondary N) is 1.